The average molecular weight is 430 g/mol. The molecule has 0 saturated carbocycles. The van der Waals surface area contributed by atoms with E-state index in [0.29, 0.717) is 13.3 Å². The van der Waals surface area contributed by atoms with Gasteiger partial charge in [-0.3, -0.25) is 9.69 Å². The molecule has 2 aromatic carbocycles. The number of likely N-dealkylation sites (N-methyl/N-ethyl adjacent to an activating group) is 1. The molecule has 0 radical (unpaired) electrons. The van der Waals surface area contributed by atoms with Crippen LogP contribution in [0.25, 0.3) is 11.1 Å². The highest BCUT2D eigenvalue weighted by Gasteiger charge is 2.33. The van der Waals surface area contributed by atoms with Gasteiger partial charge in [-0.1, -0.05) is 60.7 Å². The summed E-state index contributed by atoms with van der Waals surface area (Å²) < 4.78 is 6.24. The van der Waals surface area contributed by atoms with Crippen molar-refractivity contribution in [3.8, 4) is 11.1 Å². The molecule has 2 N–H and O–H groups in total. The van der Waals surface area contributed by atoms with Crippen molar-refractivity contribution in [3.05, 3.63) is 83.2 Å². The lowest BCUT2D eigenvalue weighted by Crippen LogP contribution is -2.44. The summed E-state index contributed by atoms with van der Waals surface area (Å²) in [4.78, 5) is 15.2. The van der Waals surface area contributed by atoms with E-state index in [1.165, 1.54) is 22.3 Å². The fourth-order valence-electron chi connectivity index (χ4n) is 5.25. The molecule has 1 fully saturated rings. The van der Waals surface area contributed by atoms with Gasteiger partial charge < -0.3 is 15.4 Å². The van der Waals surface area contributed by atoms with Crippen LogP contribution in [0.15, 0.2) is 72.1 Å². The topological polar surface area (TPSA) is 53.6 Å². The van der Waals surface area contributed by atoms with Crippen LogP contribution in [0.3, 0.4) is 0 Å². The molecule has 1 atom stereocenters. The van der Waals surface area contributed by atoms with Crippen molar-refractivity contribution in [3.63, 3.8) is 0 Å². The van der Waals surface area contributed by atoms with E-state index in [0.717, 1.165) is 43.6 Å². The van der Waals surface area contributed by atoms with Crippen LogP contribution in [0.4, 0.5) is 0 Å². The maximum atomic E-state index is 13.0. The van der Waals surface area contributed by atoms with Gasteiger partial charge in [0.25, 0.3) is 0 Å². The summed E-state index contributed by atoms with van der Waals surface area (Å²) in [6, 6.07) is 17.1. The van der Waals surface area contributed by atoms with E-state index in [9.17, 15) is 4.79 Å². The molecule has 1 aliphatic heterocycles. The summed E-state index contributed by atoms with van der Waals surface area (Å²) in [5.41, 5.74) is 7.19. The fraction of sp³-hybridized carbons (Fsp3) is 0.370. The summed E-state index contributed by atoms with van der Waals surface area (Å²) in [6.45, 7) is 1.99. The number of hydrogen-bond acceptors (Lipinski definition) is 4. The van der Waals surface area contributed by atoms with Crippen molar-refractivity contribution in [1.29, 1.82) is 0 Å². The highest BCUT2D eigenvalue weighted by Crippen LogP contribution is 2.44. The van der Waals surface area contributed by atoms with Crippen LogP contribution in [0.1, 0.15) is 42.7 Å². The quantitative estimate of drug-likeness (QED) is 0.695. The van der Waals surface area contributed by atoms with E-state index in [1.807, 2.05) is 7.05 Å². The van der Waals surface area contributed by atoms with Crippen LogP contribution < -0.4 is 10.6 Å². The first-order valence-corrected chi connectivity index (χ1v) is 11.7. The molecular formula is C27H31N3O2. The number of hydrogen-bond donors (Lipinski definition) is 2. The number of allylic oxidation sites excluding steroid dienone is 2. The Labute approximate surface area is 190 Å². The second kappa shape index (κ2) is 9.31. The molecule has 2 aromatic rings. The predicted octanol–water partition coefficient (Wildman–Crippen LogP) is 4.13. The third-order valence-corrected chi connectivity index (χ3v) is 6.85. The first-order valence-electron chi connectivity index (χ1n) is 11.7. The molecule has 2 aliphatic carbocycles. The third-order valence-electron chi connectivity index (χ3n) is 6.85. The Morgan fingerprint density at radius 3 is 2.34 bits per heavy atom. The largest absolute Gasteiger partial charge is 0.387 e. The second-order valence-electron chi connectivity index (χ2n) is 8.75. The molecular weight excluding hydrogens is 398 g/mol. The van der Waals surface area contributed by atoms with Crippen molar-refractivity contribution in [1.82, 2.24) is 15.5 Å². The van der Waals surface area contributed by atoms with Gasteiger partial charge in [0.15, 0.2) is 0 Å². The number of amides is 1. The van der Waals surface area contributed by atoms with Crippen LogP contribution >= 0.6 is 0 Å². The number of fused-ring (bicyclic) bond motifs is 3. The number of likely N-dealkylation sites (tertiary alicyclic amines) is 1. The van der Waals surface area contributed by atoms with Gasteiger partial charge in [0, 0.05) is 19.5 Å². The molecule has 0 spiro atoms. The standard InChI is InChI=1S/C27H31N3O2/c1-28-24-13-6-7-14-25(24)29-27(31)26-15-8-16-30(26)18-32-17-23-21-11-4-2-9-19(21)20-10-3-5-12-22(20)23/h2-5,9-14,23,26,28H,6-8,15-18H2,1H3,(H,29,31)/t26-/m0/s1. The Bertz CT molecular complexity index is 1010. The zero-order valence-corrected chi connectivity index (χ0v) is 18.6. The lowest BCUT2D eigenvalue weighted by atomic mass is 9.98. The summed E-state index contributed by atoms with van der Waals surface area (Å²) in [6.07, 6.45) is 8.10. The van der Waals surface area contributed by atoms with E-state index < -0.39 is 0 Å². The van der Waals surface area contributed by atoms with Gasteiger partial charge in [-0.15, -0.1) is 0 Å². The summed E-state index contributed by atoms with van der Waals surface area (Å²) in [5.74, 6) is 0.310. The maximum absolute atomic E-state index is 13.0. The van der Waals surface area contributed by atoms with Gasteiger partial charge >= 0.3 is 0 Å². The van der Waals surface area contributed by atoms with Crippen LogP contribution in [0.5, 0.6) is 0 Å². The zero-order valence-electron chi connectivity index (χ0n) is 18.6. The minimum Gasteiger partial charge on any atom is -0.387 e. The Balaban J connectivity index is 1.21. The van der Waals surface area contributed by atoms with Gasteiger partial charge in [-0.2, -0.15) is 0 Å². The lowest BCUT2D eigenvalue weighted by Gasteiger charge is -2.26. The third kappa shape index (κ3) is 3.98. The van der Waals surface area contributed by atoms with Gasteiger partial charge in [0.05, 0.1) is 30.8 Å². The fourth-order valence-corrected chi connectivity index (χ4v) is 5.25. The van der Waals surface area contributed by atoms with Crippen LogP contribution in [-0.2, 0) is 9.53 Å². The molecule has 0 aromatic heterocycles. The smallest absolute Gasteiger partial charge is 0.241 e. The van der Waals surface area contributed by atoms with Gasteiger partial charge in [-0.25, -0.2) is 0 Å². The van der Waals surface area contributed by atoms with Crippen LogP contribution in [-0.4, -0.2) is 43.8 Å². The Morgan fingerprint density at radius 1 is 1.00 bits per heavy atom. The Morgan fingerprint density at radius 2 is 1.66 bits per heavy atom. The van der Waals surface area contributed by atoms with E-state index >= 15 is 0 Å². The molecule has 1 amide bonds. The zero-order chi connectivity index (χ0) is 21.9. The average Bonchev–Trinajstić information content (AvgIpc) is 3.43. The molecule has 0 bridgehead atoms. The SMILES string of the molecule is CNC1=CCCC=C1NC(=O)[C@@H]1CCCN1COCC1c2ccccc2-c2ccccc21. The molecule has 32 heavy (non-hydrogen) atoms. The number of nitrogens with one attached hydrogen (secondary N) is 2. The normalized spacial score (nSPS) is 20.3. The lowest BCUT2D eigenvalue weighted by molar-refractivity contribution is -0.126. The number of nitrogens with zero attached hydrogens (tertiary/aromatic N) is 1. The number of rotatable bonds is 7. The highest BCUT2D eigenvalue weighted by atomic mass is 16.5. The Hall–Kier alpha value is -2.89. The van der Waals surface area contributed by atoms with Crippen molar-refractivity contribution in [2.45, 2.75) is 37.6 Å². The molecule has 5 heteroatoms. The summed E-state index contributed by atoms with van der Waals surface area (Å²) in [5, 5.41) is 6.33. The predicted molar refractivity (Wildman–Crippen MR) is 127 cm³/mol. The molecule has 5 rings (SSSR count). The number of carbonyl (C=O) groups excluding carboxylic acids is 1. The summed E-state index contributed by atoms with van der Waals surface area (Å²) in [7, 11) is 1.90. The molecule has 166 valence electrons. The van der Waals surface area contributed by atoms with Gasteiger partial charge in [0.2, 0.25) is 5.91 Å². The van der Waals surface area contributed by atoms with Crippen molar-refractivity contribution in [2.24, 2.45) is 0 Å². The van der Waals surface area contributed by atoms with Crippen LogP contribution in [0, 0.1) is 0 Å². The number of carbonyl (C=O) groups is 1. The first-order chi connectivity index (χ1) is 15.8. The number of benzene rings is 2. The minimum atomic E-state index is -0.140. The molecule has 1 saturated heterocycles. The molecule has 5 nitrogen and oxygen atoms in total. The van der Waals surface area contributed by atoms with Crippen molar-refractivity contribution >= 4 is 5.91 Å². The van der Waals surface area contributed by atoms with E-state index in [4.69, 9.17) is 4.74 Å². The van der Waals surface area contributed by atoms with Gasteiger partial charge in [-0.05, 0) is 47.9 Å². The first kappa shape index (κ1) is 21.0. The Kier molecular flexibility index (Phi) is 6.10. The van der Waals surface area contributed by atoms with Crippen LogP contribution in [0.2, 0.25) is 0 Å². The maximum Gasteiger partial charge on any atom is 0.241 e. The van der Waals surface area contributed by atoms with Crippen molar-refractivity contribution < 1.29 is 9.53 Å². The summed E-state index contributed by atoms with van der Waals surface area (Å²) >= 11 is 0. The highest BCUT2D eigenvalue weighted by molar-refractivity contribution is 5.84. The molecule has 1 heterocycles. The van der Waals surface area contributed by atoms with E-state index in [2.05, 4.69) is 76.2 Å². The van der Waals surface area contributed by atoms with Crippen molar-refractivity contribution in [2.75, 3.05) is 26.9 Å². The second-order valence-corrected chi connectivity index (χ2v) is 8.75. The molecule has 3 aliphatic rings. The van der Waals surface area contributed by atoms with E-state index in [1.54, 1.807) is 0 Å². The van der Waals surface area contributed by atoms with Gasteiger partial charge in [0.1, 0.15) is 0 Å². The minimum absolute atomic E-state index is 0.0666. The molecule has 0 unspecified atom stereocenters. The van der Waals surface area contributed by atoms with E-state index in [-0.39, 0.29) is 17.9 Å². The monoisotopic (exact) mass is 429 g/mol. The number of ether oxygens (including phenoxy) is 1.